The Morgan fingerprint density at radius 3 is 2.53 bits per heavy atom. The van der Waals surface area contributed by atoms with E-state index >= 15 is 0 Å². The van der Waals surface area contributed by atoms with Crippen LogP contribution in [0.1, 0.15) is 50.6 Å². The van der Waals surface area contributed by atoms with Crippen LogP contribution in [0.5, 0.6) is 11.5 Å². The maximum absolute atomic E-state index is 9.48. The fraction of sp³-hybridized carbons (Fsp3) is 0.500. The molecule has 19 heavy (non-hydrogen) atoms. The molecule has 2 rings (SSSR count). The second-order valence-corrected chi connectivity index (χ2v) is 5.32. The zero-order valence-electron chi connectivity index (χ0n) is 11.5. The lowest BCUT2D eigenvalue weighted by Crippen LogP contribution is -2.20. The molecule has 104 valence electrons. The van der Waals surface area contributed by atoms with Gasteiger partial charge in [-0.2, -0.15) is 0 Å². The van der Waals surface area contributed by atoms with Crippen LogP contribution in [0.25, 0.3) is 0 Å². The van der Waals surface area contributed by atoms with Gasteiger partial charge in [-0.3, -0.25) is 0 Å². The number of benzene rings is 1. The average molecular weight is 261 g/mol. The van der Waals surface area contributed by atoms with Crippen LogP contribution in [0.4, 0.5) is 0 Å². The third kappa shape index (κ3) is 4.28. The van der Waals surface area contributed by atoms with Gasteiger partial charge in [-0.25, -0.2) is 0 Å². The van der Waals surface area contributed by atoms with Crippen molar-refractivity contribution in [3.8, 4) is 11.5 Å². The van der Waals surface area contributed by atoms with Gasteiger partial charge < -0.3 is 15.5 Å². The van der Waals surface area contributed by atoms with E-state index in [4.69, 9.17) is 0 Å². The fourth-order valence-electron chi connectivity index (χ4n) is 2.57. The minimum Gasteiger partial charge on any atom is -0.508 e. The van der Waals surface area contributed by atoms with E-state index in [1.807, 2.05) is 6.92 Å². The number of aromatic hydroxyl groups is 2. The van der Waals surface area contributed by atoms with Gasteiger partial charge in [0.05, 0.1) is 0 Å². The number of rotatable bonds is 5. The van der Waals surface area contributed by atoms with Gasteiger partial charge in [0, 0.05) is 12.1 Å². The molecule has 3 N–H and O–H groups in total. The van der Waals surface area contributed by atoms with E-state index in [-0.39, 0.29) is 17.5 Å². The Morgan fingerprint density at radius 1 is 1.16 bits per heavy atom. The number of nitrogens with one attached hydrogen (secondary N) is 1. The Balaban J connectivity index is 1.83. The molecule has 0 spiro atoms. The second kappa shape index (κ2) is 6.62. The van der Waals surface area contributed by atoms with Gasteiger partial charge >= 0.3 is 0 Å². The maximum Gasteiger partial charge on any atom is 0.119 e. The van der Waals surface area contributed by atoms with Gasteiger partial charge in [0.15, 0.2) is 0 Å². The van der Waals surface area contributed by atoms with Crippen LogP contribution in [-0.2, 0) is 0 Å². The van der Waals surface area contributed by atoms with E-state index in [1.165, 1.54) is 31.7 Å². The Bertz CT molecular complexity index is 434. The highest BCUT2D eigenvalue weighted by molar-refractivity contribution is 5.37. The predicted molar refractivity (Wildman–Crippen MR) is 77.4 cm³/mol. The first kappa shape index (κ1) is 13.9. The van der Waals surface area contributed by atoms with Crippen molar-refractivity contribution >= 4 is 0 Å². The van der Waals surface area contributed by atoms with E-state index in [0.717, 1.165) is 18.5 Å². The van der Waals surface area contributed by atoms with Crippen LogP contribution in [0.3, 0.4) is 0 Å². The Morgan fingerprint density at radius 2 is 1.89 bits per heavy atom. The predicted octanol–water partition coefficient (Wildman–Crippen LogP) is 3.64. The van der Waals surface area contributed by atoms with Crippen molar-refractivity contribution in [3.05, 3.63) is 35.4 Å². The van der Waals surface area contributed by atoms with Crippen molar-refractivity contribution in [2.75, 3.05) is 6.54 Å². The molecule has 1 aromatic carbocycles. The van der Waals surface area contributed by atoms with Crippen molar-refractivity contribution < 1.29 is 10.2 Å². The molecule has 0 saturated carbocycles. The van der Waals surface area contributed by atoms with Crippen LogP contribution >= 0.6 is 0 Å². The minimum atomic E-state index is 0.110. The van der Waals surface area contributed by atoms with E-state index in [0.29, 0.717) is 0 Å². The summed E-state index contributed by atoms with van der Waals surface area (Å²) in [6, 6.07) is 4.86. The molecule has 1 aliphatic rings. The second-order valence-electron chi connectivity index (χ2n) is 5.32. The van der Waals surface area contributed by atoms with Gasteiger partial charge in [-0.05, 0) is 63.3 Å². The number of hydrogen-bond donors (Lipinski definition) is 3. The first-order valence-electron chi connectivity index (χ1n) is 7.09. The summed E-state index contributed by atoms with van der Waals surface area (Å²) in [6.45, 7) is 2.98. The third-order valence-electron chi connectivity index (χ3n) is 3.71. The Hall–Kier alpha value is -1.48. The molecule has 1 aliphatic carbocycles. The van der Waals surface area contributed by atoms with Crippen molar-refractivity contribution in [3.63, 3.8) is 0 Å². The molecule has 0 aromatic heterocycles. The molecule has 0 radical (unpaired) electrons. The summed E-state index contributed by atoms with van der Waals surface area (Å²) in [4.78, 5) is 0. The number of phenols is 2. The largest absolute Gasteiger partial charge is 0.508 e. The maximum atomic E-state index is 9.48. The molecular formula is C16H23NO2. The third-order valence-corrected chi connectivity index (χ3v) is 3.71. The molecule has 0 fully saturated rings. The smallest absolute Gasteiger partial charge is 0.119 e. The molecule has 1 aromatic rings. The average Bonchev–Trinajstić information content (AvgIpc) is 2.38. The normalized spacial score (nSPS) is 17.0. The standard InChI is InChI=1S/C16H23NO2/c1-12(14-9-15(18)11-16(19)10-14)17-8-7-13-5-3-2-4-6-13/h5,9-12,17-19H,2-4,6-8H2,1H3. The number of allylic oxidation sites excluding steroid dienone is 1. The summed E-state index contributed by atoms with van der Waals surface area (Å²) in [5.41, 5.74) is 2.47. The highest BCUT2D eigenvalue weighted by Gasteiger charge is 2.08. The lowest BCUT2D eigenvalue weighted by atomic mass is 9.97. The summed E-state index contributed by atoms with van der Waals surface area (Å²) in [5, 5.41) is 22.4. The summed E-state index contributed by atoms with van der Waals surface area (Å²) >= 11 is 0. The van der Waals surface area contributed by atoms with Crippen LogP contribution in [0.15, 0.2) is 29.8 Å². The molecule has 0 aliphatic heterocycles. The van der Waals surface area contributed by atoms with E-state index in [2.05, 4.69) is 11.4 Å². The van der Waals surface area contributed by atoms with Gasteiger partial charge in [0.25, 0.3) is 0 Å². The quantitative estimate of drug-likeness (QED) is 0.709. The zero-order valence-corrected chi connectivity index (χ0v) is 11.5. The van der Waals surface area contributed by atoms with Gasteiger partial charge in [-0.15, -0.1) is 0 Å². The molecule has 0 saturated heterocycles. The van der Waals surface area contributed by atoms with Crippen molar-refractivity contribution in [1.82, 2.24) is 5.32 Å². The summed E-state index contributed by atoms with van der Waals surface area (Å²) in [7, 11) is 0. The minimum absolute atomic E-state index is 0.110. The van der Waals surface area contributed by atoms with E-state index in [9.17, 15) is 10.2 Å². The highest BCUT2D eigenvalue weighted by Crippen LogP contribution is 2.25. The lowest BCUT2D eigenvalue weighted by Gasteiger charge is -2.17. The van der Waals surface area contributed by atoms with Crippen LogP contribution in [0.2, 0.25) is 0 Å². The van der Waals surface area contributed by atoms with E-state index < -0.39 is 0 Å². The lowest BCUT2D eigenvalue weighted by molar-refractivity contribution is 0.446. The molecule has 1 atom stereocenters. The number of phenolic OH excluding ortho intramolecular Hbond substituents is 2. The summed E-state index contributed by atoms with van der Waals surface area (Å²) in [6.07, 6.45) is 8.58. The first-order valence-corrected chi connectivity index (χ1v) is 7.09. The Labute approximate surface area is 115 Å². The Kier molecular flexibility index (Phi) is 4.86. The molecule has 3 nitrogen and oxygen atoms in total. The van der Waals surface area contributed by atoms with Crippen LogP contribution < -0.4 is 5.32 Å². The van der Waals surface area contributed by atoms with Crippen LogP contribution in [-0.4, -0.2) is 16.8 Å². The summed E-state index contributed by atoms with van der Waals surface area (Å²) < 4.78 is 0. The summed E-state index contributed by atoms with van der Waals surface area (Å²) in [5.74, 6) is 0.220. The van der Waals surface area contributed by atoms with Crippen molar-refractivity contribution in [2.24, 2.45) is 0 Å². The molecule has 3 heteroatoms. The SMILES string of the molecule is CC(NCCC1=CCCCC1)c1cc(O)cc(O)c1. The van der Waals surface area contributed by atoms with Crippen molar-refractivity contribution in [2.45, 2.75) is 45.1 Å². The van der Waals surface area contributed by atoms with Crippen molar-refractivity contribution in [1.29, 1.82) is 0 Å². The molecule has 1 unspecified atom stereocenters. The molecule has 0 bridgehead atoms. The van der Waals surface area contributed by atoms with Crippen LogP contribution in [0, 0.1) is 0 Å². The fourth-order valence-corrected chi connectivity index (χ4v) is 2.57. The number of hydrogen-bond acceptors (Lipinski definition) is 3. The van der Waals surface area contributed by atoms with E-state index in [1.54, 1.807) is 17.7 Å². The molecular weight excluding hydrogens is 238 g/mol. The van der Waals surface area contributed by atoms with Gasteiger partial charge in [0.2, 0.25) is 0 Å². The zero-order chi connectivity index (χ0) is 13.7. The highest BCUT2D eigenvalue weighted by atomic mass is 16.3. The topological polar surface area (TPSA) is 52.5 Å². The van der Waals surface area contributed by atoms with Gasteiger partial charge in [-0.1, -0.05) is 11.6 Å². The van der Waals surface area contributed by atoms with Gasteiger partial charge in [0.1, 0.15) is 11.5 Å². The monoisotopic (exact) mass is 261 g/mol. The molecule has 0 amide bonds. The molecule has 0 heterocycles. The first-order chi connectivity index (χ1) is 9.15.